The van der Waals surface area contributed by atoms with Gasteiger partial charge in [0.15, 0.2) is 0 Å². The van der Waals surface area contributed by atoms with Gasteiger partial charge in [0.25, 0.3) is 5.24 Å². The molecule has 0 saturated carbocycles. The predicted molar refractivity (Wildman–Crippen MR) is 70.5 cm³/mol. The minimum atomic E-state index is 0.0850. The summed E-state index contributed by atoms with van der Waals surface area (Å²) in [6, 6.07) is 0.323. The Balaban J connectivity index is 1.99. The number of carbonyl (C=O) groups excluding carboxylic acids is 1. The van der Waals surface area contributed by atoms with Gasteiger partial charge in [0.1, 0.15) is 5.01 Å². The first-order valence-electron chi connectivity index (χ1n) is 5.86. The lowest BCUT2D eigenvalue weighted by Gasteiger charge is -2.37. The lowest BCUT2D eigenvalue weighted by atomic mass is 9.93. The maximum atomic E-state index is 12.1. The summed E-state index contributed by atoms with van der Waals surface area (Å²) in [6.45, 7) is 7.10. The first kappa shape index (κ1) is 12.8. The summed E-state index contributed by atoms with van der Waals surface area (Å²) in [5, 5.41) is 1.57. The van der Waals surface area contributed by atoms with Crippen molar-refractivity contribution in [2.75, 3.05) is 6.54 Å². The molecule has 6 heteroatoms. The molecule has 0 radical (unpaired) electrons. The Bertz CT molecular complexity index is 407. The zero-order valence-electron chi connectivity index (χ0n) is 10.3. The number of amides is 1. The zero-order valence-corrected chi connectivity index (χ0v) is 12.0. The Hall–Kier alpha value is -0.620. The molecule has 0 aromatic carbocycles. The van der Waals surface area contributed by atoms with E-state index in [1.54, 1.807) is 0 Å². The molecule has 2 rings (SSSR count). The highest BCUT2D eigenvalue weighted by Crippen LogP contribution is 2.28. The number of hydrogen-bond acceptors (Lipinski definition) is 5. The van der Waals surface area contributed by atoms with Crippen LogP contribution in [0.1, 0.15) is 31.7 Å². The molecule has 1 saturated heterocycles. The molecule has 1 amide bonds. The maximum Gasteiger partial charge on any atom is 0.289 e. The molecule has 2 heterocycles. The number of aryl methyl sites for hydroxylation is 1. The third-order valence-electron chi connectivity index (χ3n) is 3.30. The fourth-order valence-corrected chi connectivity index (χ4v) is 3.46. The van der Waals surface area contributed by atoms with Crippen LogP contribution < -0.4 is 0 Å². The second-order valence-electron chi connectivity index (χ2n) is 4.52. The molecular formula is C11H17N3OS2. The van der Waals surface area contributed by atoms with E-state index in [0.717, 1.165) is 29.7 Å². The van der Waals surface area contributed by atoms with E-state index in [1.807, 2.05) is 11.8 Å². The number of piperidine rings is 1. The van der Waals surface area contributed by atoms with Crippen LogP contribution in [0.5, 0.6) is 0 Å². The molecule has 0 N–H and O–H groups in total. The van der Waals surface area contributed by atoms with Crippen molar-refractivity contribution in [3.05, 3.63) is 5.01 Å². The Morgan fingerprint density at radius 2 is 2.29 bits per heavy atom. The second kappa shape index (κ2) is 5.35. The van der Waals surface area contributed by atoms with E-state index in [2.05, 4.69) is 23.2 Å². The van der Waals surface area contributed by atoms with Gasteiger partial charge >= 0.3 is 0 Å². The van der Waals surface area contributed by atoms with E-state index in [0.29, 0.717) is 17.1 Å². The number of nitrogens with zero attached hydrogens (tertiary/aromatic N) is 3. The number of carbonyl (C=O) groups is 1. The predicted octanol–water partition coefficient (Wildman–Crippen LogP) is 3.18. The van der Waals surface area contributed by atoms with Crippen molar-refractivity contribution in [3.63, 3.8) is 0 Å². The standard InChI is InChI=1S/C11H17N3OS2/c1-7-5-4-6-14(8(7)2)11(15)16-10-12-9(3)17-13-10/h7-8H,4-6H2,1-3H3. The quantitative estimate of drug-likeness (QED) is 0.736. The van der Waals surface area contributed by atoms with Gasteiger partial charge in [-0.2, -0.15) is 4.37 Å². The lowest BCUT2D eigenvalue weighted by Crippen LogP contribution is -2.44. The largest absolute Gasteiger partial charge is 0.330 e. The van der Waals surface area contributed by atoms with Crippen molar-refractivity contribution < 1.29 is 4.79 Å². The third-order valence-corrected chi connectivity index (χ3v) is 4.81. The van der Waals surface area contributed by atoms with Crippen LogP contribution in [-0.4, -0.2) is 32.1 Å². The molecule has 1 fully saturated rings. The first-order chi connectivity index (χ1) is 8.08. The second-order valence-corrected chi connectivity index (χ2v) is 6.39. The van der Waals surface area contributed by atoms with Crippen molar-refractivity contribution in [1.82, 2.24) is 14.3 Å². The highest BCUT2D eigenvalue weighted by Gasteiger charge is 2.29. The average Bonchev–Trinajstić information content (AvgIpc) is 2.68. The number of likely N-dealkylation sites (tertiary alicyclic amines) is 1. The van der Waals surface area contributed by atoms with E-state index < -0.39 is 0 Å². The van der Waals surface area contributed by atoms with E-state index in [-0.39, 0.29) is 5.24 Å². The highest BCUT2D eigenvalue weighted by atomic mass is 32.2. The first-order valence-corrected chi connectivity index (χ1v) is 7.45. The van der Waals surface area contributed by atoms with Gasteiger partial charge in [-0.1, -0.05) is 6.92 Å². The summed E-state index contributed by atoms with van der Waals surface area (Å²) in [5.41, 5.74) is 0. The molecule has 94 valence electrons. The monoisotopic (exact) mass is 271 g/mol. The molecule has 2 unspecified atom stereocenters. The summed E-state index contributed by atoms with van der Waals surface area (Å²) in [7, 11) is 0. The molecule has 0 aliphatic carbocycles. The normalized spacial score (nSPS) is 25.0. The number of hydrogen-bond donors (Lipinski definition) is 0. The van der Waals surface area contributed by atoms with Gasteiger partial charge in [-0.15, -0.1) is 0 Å². The molecule has 4 nitrogen and oxygen atoms in total. The van der Waals surface area contributed by atoms with Gasteiger partial charge in [-0.25, -0.2) is 4.98 Å². The molecular weight excluding hydrogens is 254 g/mol. The van der Waals surface area contributed by atoms with Gasteiger partial charge in [-0.05, 0) is 44.1 Å². The van der Waals surface area contributed by atoms with Crippen LogP contribution in [-0.2, 0) is 0 Å². The van der Waals surface area contributed by atoms with Crippen LogP contribution in [0.3, 0.4) is 0 Å². The van der Waals surface area contributed by atoms with Gasteiger partial charge in [0.2, 0.25) is 5.16 Å². The van der Waals surface area contributed by atoms with E-state index in [9.17, 15) is 4.79 Å². The molecule has 0 bridgehead atoms. The Morgan fingerprint density at radius 3 is 2.94 bits per heavy atom. The van der Waals surface area contributed by atoms with Crippen molar-refractivity contribution in [2.45, 2.75) is 44.8 Å². The van der Waals surface area contributed by atoms with Crippen molar-refractivity contribution in [1.29, 1.82) is 0 Å². The maximum absolute atomic E-state index is 12.1. The fraction of sp³-hybridized carbons (Fsp3) is 0.727. The van der Waals surface area contributed by atoms with E-state index in [4.69, 9.17) is 0 Å². The Labute approximate surface area is 110 Å². The summed E-state index contributed by atoms with van der Waals surface area (Å²) < 4.78 is 4.14. The zero-order chi connectivity index (χ0) is 12.4. The lowest BCUT2D eigenvalue weighted by molar-refractivity contribution is 0.147. The van der Waals surface area contributed by atoms with Crippen molar-refractivity contribution >= 4 is 28.5 Å². The van der Waals surface area contributed by atoms with E-state index >= 15 is 0 Å². The molecule has 2 atom stereocenters. The molecule has 1 aliphatic heterocycles. The minimum absolute atomic E-state index is 0.0850. The van der Waals surface area contributed by atoms with Gasteiger partial charge in [0.05, 0.1) is 0 Å². The molecule has 1 aromatic heterocycles. The van der Waals surface area contributed by atoms with Crippen molar-refractivity contribution in [2.24, 2.45) is 5.92 Å². The molecule has 1 aromatic rings. The number of aromatic nitrogens is 2. The van der Waals surface area contributed by atoms with Gasteiger partial charge in [0, 0.05) is 24.3 Å². The third kappa shape index (κ3) is 2.98. The highest BCUT2D eigenvalue weighted by molar-refractivity contribution is 8.13. The molecule has 17 heavy (non-hydrogen) atoms. The Morgan fingerprint density at radius 1 is 1.53 bits per heavy atom. The van der Waals surface area contributed by atoms with Crippen LogP contribution >= 0.6 is 23.3 Å². The van der Waals surface area contributed by atoms with Crippen LogP contribution in [0.2, 0.25) is 0 Å². The average molecular weight is 271 g/mol. The fourth-order valence-electron chi connectivity index (χ4n) is 2.05. The van der Waals surface area contributed by atoms with Gasteiger partial charge < -0.3 is 4.90 Å². The summed E-state index contributed by atoms with van der Waals surface area (Å²) >= 11 is 2.49. The SMILES string of the molecule is Cc1nc(SC(=O)N2CCCC(C)C2C)ns1. The Kier molecular flexibility index (Phi) is 4.04. The summed E-state index contributed by atoms with van der Waals surface area (Å²) in [6.07, 6.45) is 2.31. The van der Waals surface area contributed by atoms with Crippen LogP contribution in [0.4, 0.5) is 4.79 Å². The minimum Gasteiger partial charge on any atom is -0.330 e. The number of rotatable bonds is 1. The van der Waals surface area contributed by atoms with Crippen LogP contribution in [0.25, 0.3) is 0 Å². The van der Waals surface area contributed by atoms with E-state index in [1.165, 1.54) is 18.0 Å². The van der Waals surface area contributed by atoms with Crippen LogP contribution in [0, 0.1) is 12.8 Å². The molecule has 1 aliphatic rings. The van der Waals surface area contributed by atoms with Gasteiger partial charge in [-0.3, -0.25) is 4.79 Å². The van der Waals surface area contributed by atoms with Crippen molar-refractivity contribution in [3.8, 4) is 0 Å². The van der Waals surface area contributed by atoms with Crippen LogP contribution in [0.15, 0.2) is 5.16 Å². The summed E-state index contributed by atoms with van der Waals surface area (Å²) in [5.74, 6) is 0.582. The topological polar surface area (TPSA) is 46.1 Å². The molecule has 0 spiro atoms. The summed E-state index contributed by atoms with van der Waals surface area (Å²) in [4.78, 5) is 18.3. The smallest absolute Gasteiger partial charge is 0.289 e. The number of thioether (sulfide) groups is 1.